The van der Waals surface area contributed by atoms with Crippen LogP contribution in [-0.2, 0) is 11.3 Å². The minimum atomic E-state index is -4.29. The van der Waals surface area contributed by atoms with Crippen LogP contribution in [0.1, 0.15) is 35.1 Å². The molecule has 0 radical (unpaired) electrons. The van der Waals surface area contributed by atoms with E-state index in [0.29, 0.717) is 25.5 Å². The monoisotopic (exact) mass is 304 g/mol. The van der Waals surface area contributed by atoms with Crippen LogP contribution in [0.25, 0.3) is 0 Å². The molecule has 1 aromatic heterocycles. The van der Waals surface area contributed by atoms with Crippen molar-refractivity contribution in [3.05, 3.63) is 17.7 Å². The molecule has 0 saturated carbocycles. The number of hydrogen-bond donors (Lipinski definition) is 1. The van der Waals surface area contributed by atoms with Gasteiger partial charge < -0.3 is 14.4 Å². The summed E-state index contributed by atoms with van der Waals surface area (Å²) in [4.78, 5) is 15.0. The lowest BCUT2D eigenvalue weighted by Crippen LogP contribution is -2.36. The molecule has 3 unspecified atom stereocenters. The van der Waals surface area contributed by atoms with Gasteiger partial charge in [-0.25, -0.2) is 9.78 Å². The second-order valence-electron chi connectivity index (χ2n) is 5.65. The molecule has 0 bridgehead atoms. The Morgan fingerprint density at radius 1 is 1.48 bits per heavy atom. The van der Waals surface area contributed by atoms with Gasteiger partial charge in [0.25, 0.3) is 0 Å². The summed E-state index contributed by atoms with van der Waals surface area (Å²) in [5, 5.41) is 8.99. The molecule has 0 spiro atoms. The van der Waals surface area contributed by atoms with Crippen molar-refractivity contribution in [3.63, 3.8) is 0 Å². The molecule has 1 fully saturated rings. The van der Waals surface area contributed by atoms with Crippen molar-refractivity contribution >= 4 is 5.97 Å². The molecule has 2 aliphatic heterocycles. The Labute approximate surface area is 118 Å². The van der Waals surface area contributed by atoms with Crippen LogP contribution in [0.3, 0.4) is 0 Å². The summed E-state index contributed by atoms with van der Waals surface area (Å²) < 4.78 is 45.9. The van der Waals surface area contributed by atoms with Gasteiger partial charge in [0.05, 0.1) is 12.5 Å². The normalized spacial score (nSPS) is 29.4. The van der Waals surface area contributed by atoms with Crippen LogP contribution in [-0.4, -0.2) is 40.0 Å². The van der Waals surface area contributed by atoms with Crippen LogP contribution < -0.4 is 0 Å². The molecular weight excluding hydrogens is 289 g/mol. The number of rotatable bonds is 2. The second-order valence-corrected chi connectivity index (χ2v) is 5.65. The highest BCUT2D eigenvalue weighted by molar-refractivity contribution is 5.85. The third-order valence-corrected chi connectivity index (χ3v) is 4.31. The Balaban J connectivity index is 1.97. The van der Waals surface area contributed by atoms with Crippen LogP contribution in [0.15, 0.2) is 6.20 Å². The number of imidazole rings is 1. The number of ether oxygens (including phenoxy) is 1. The second kappa shape index (κ2) is 5.01. The van der Waals surface area contributed by atoms with E-state index in [2.05, 4.69) is 4.98 Å². The van der Waals surface area contributed by atoms with E-state index in [1.165, 1.54) is 10.8 Å². The largest absolute Gasteiger partial charge is 0.476 e. The van der Waals surface area contributed by atoms with Crippen LogP contribution in [0.2, 0.25) is 0 Å². The van der Waals surface area contributed by atoms with Crippen molar-refractivity contribution in [2.45, 2.75) is 31.5 Å². The topological polar surface area (TPSA) is 64.3 Å². The summed E-state index contributed by atoms with van der Waals surface area (Å²) in [6.07, 6.45) is -2.44. The van der Waals surface area contributed by atoms with Gasteiger partial charge in [0.15, 0.2) is 5.69 Å². The van der Waals surface area contributed by atoms with E-state index in [0.717, 1.165) is 0 Å². The van der Waals surface area contributed by atoms with Crippen molar-refractivity contribution in [1.82, 2.24) is 9.55 Å². The summed E-state index contributed by atoms with van der Waals surface area (Å²) in [5.41, 5.74) is -0.197. The van der Waals surface area contributed by atoms with Gasteiger partial charge in [-0.15, -0.1) is 0 Å². The van der Waals surface area contributed by atoms with Gasteiger partial charge in [0.2, 0.25) is 0 Å². The number of alkyl halides is 3. The minimum absolute atomic E-state index is 0.0297. The Morgan fingerprint density at radius 2 is 2.24 bits per heavy atom. The number of carboxylic acid groups (broad SMARTS) is 1. The minimum Gasteiger partial charge on any atom is -0.476 e. The van der Waals surface area contributed by atoms with Gasteiger partial charge in [0, 0.05) is 25.3 Å². The number of carbonyl (C=O) groups is 1. The molecule has 3 heterocycles. The zero-order valence-electron chi connectivity index (χ0n) is 11.1. The first-order valence-corrected chi connectivity index (χ1v) is 6.81. The lowest BCUT2D eigenvalue weighted by Gasteiger charge is -2.33. The van der Waals surface area contributed by atoms with Gasteiger partial charge in [-0.05, 0) is 18.8 Å². The van der Waals surface area contributed by atoms with E-state index in [1.807, 2.05) is 0 Å². The highest BCUT2D eigenvalue weighted by Gasteiger charge is 2.47. The van der Waals surface area contributed by atoms with Gasteiger partial charge in [-0.2, -0.15) is 13.2 Å². The van der Waals surface area contributed by atoms with Crippen molar-refractivity contribution in [2.24, 2.45) is 11.8 Å². The summed E-state index contributed by atoms with van der Waals surface area (Å²) >= 11 is 0. The van der Waals surface area contributed by atoms with Crippen molar-refractivity contribution in [2.75, 3.05) is 13.2 Å². The Bertz CT molecular complexity index is 549. The summed E-state index contributed by atoms with van der Waals surface area (Å²) in [6, 6.07) is 0. The highest BCUT2D eigenvalue weighted by atomic mass is 19.4. The smallest absolute Gasteiger partial charge is 0.393 e. The molecule has 8 heteroatoms. The SMILES string of the molecule is O=C(O)c1cn2c(n1)C(C1CCOC1)CC(C(F)(F)F)C2. The Hall–Kier alpha value is -1.57. The molecule has 0 aliphatic carbocycles. The molecule has 0 amide bonds. The van der Waals surface area contributed by atoms with E-state index in [-0.39, 0.29) is 24.6 Å². The van der Waals surface area contributed by atoms with Crippen LogP contribution in [0.4, 0.5) is 13.2 Å². The Kier molecular flexibility index (Phi) is 3.43. The first-order chi connectivity index (χ1) is 9.86. The van der Waals surface area contributed by atoms with E-state index < -0.39 is 24.0 Å². The number of hydrogen-bond acceptors (Lipinski definition) is 3. The van der Waals surface area contributed by atoms with Gasteiger partial charge in [-0.1, -0.05) is 0 Å². The van der Waals surface area contributed by atoms with E-state index >= 15 is 0 Å². The average molecular weight is 304 g/mol. The van der Waals surface area contributed by atoms with Gasteiger partial charge >= 0.3 is 12.1 Å². The maximum absolute atomic E-state index is 13.1. The molecule has 3 atom stereocenters. The van der Waals surface area contributed by atoms with E-state index in [9.17, 15) is 18.0 Å². The molecule has 3 rings (SSSR count). The van der Waals surface area contributed by atoms with Crippen molar-refractivity contribution in [1.29, 1.82) is 0 Å². The Morgan fingerprint density at radius 3 is 2.81 bits per heavy atom. The predicted molar refractivity (Wildman–Crippen MR) is 65.0 cm³/mol. The van der Waals surface area contributed by atoms with Crippen molar-refractivity contribution in [3.8, 4) is 0 Å². The zero-order chi connectivity index (χ0) is 15.2. The third-order valence-electron chi connectivity index (χ3n) is 4.31. The molecule has 1 N–H and O–H groups in total. The summed E-state index contributed by atoms with van der Waals surface area (Å²) in [6.45, 7) is 0.679. The summed E-state index contributed by atoms with van der Waals surface area (Å²) in [5.74, 6) is -2.67. The predicted octanol–water partition coefficient (Wildman–Crippen LogP) is 2.28. The molecule has 2 aliphatic rings. The number of aromatic nitrogens is 2. The van der Waals surface area contributed by atoms with Gasteiger partial charge in [-0.3, -0.25) is 0 Å². The summed E-state index contributed by atoms with van der Waals surface area (Å²) in [7, 11) is 0. The zero-order valence-corrected chi connectivity index (χ0v) is 11.1. The fourth-order valence-corrected chi connectivity index (χ4v) is 3.21. The fraction of sp³-hybridized carbons (Fsp3) is 0.692. The highest BCUT2D eigenvalue weighted by Crippen LogP contribution is 2.44. The third kappa shape index (κ3) is 2.64. The van der Waals surface area contributed by atoms with E-state index in [4.69, 9.17) is 9.84 Å². The van der Waals surface area contributed by atoms with Crippen LogP contribution in [0, 0.1) is 11.8 Å². The number of aromatic carboxylic acids is 1. The number of nitrogens with zero attached hydrogens (tertiary/aromatic N) is 2. The molecule has 0 aromatic carbocycles. The fourth-order valence-electron chi connectivity index (χ4n) is 3.21. The first kappa shape index (κ1) is 14.4. The van der Waals surface area contributed by atoms with Gasteiger partial charge in [0.1, 0.15) is 5.82 Å². The lowest BCUT2D eigenvalue weighted by atomic mass is 9.80. The van der Waals surface area contributed by atoms with E-state index in [1.54, 1.807) is 0 Å². The maximum atomic E-state index is 13.1. The number of carboxylic acids is 1. The molecule has 1 saturated heterocycles. The lowest BCUT2D eigenvalue weighted by molar-refractivity contribution is -0.185. The standard InChI is InChI=1S/C13H15F3N2O3/c14-13(15,16)8-3-9(7-1-2-21-6-7)11-17-10(12(19)20)5-18(11)4-8/h5,7-9H,1-4,6H2,(H,19,20). The van der Waals surface area contributed by atoms with Crippen molar-refractivity contribution < 1.29 is 27.8 Å². The molecule has 1 aromatic rings. The van der Waals surface area contributed by atoms with Crippen LogP contribution in [0.5, 0.6) is 0 Å². The number of fused-ring (bicyclic) bond motifs is 1. The number of halogens is 3. The quantitative estimate of drug-likeness (QED) is 0.910. The maximum Gasteiger partial charge on any atom is 0.393 e. The first-order valence-electron chi connectivity index (χ1n) is 6.81. The molecule has 116 valence electrons. The van der Waals surface area contributed by atoms with Crippen LogP contribution >= 0.6 is 0 Å². The molecule has 21 heavy (non-hydrogen) atoms. The molecular formula is C13H15F3N2O3. The molecule has 5 nitrogen and oxygen atoms in total. The average Bonchev–Trinajstić information content (AvgIpc) is 3.05.